The number of epoxide rings is 1. The highest BCUT2D eigenvalue weighted by molar-refractivity contribution is 7.91. The molecular formula is C11H12O6S. The number of ether oxygens (including phenoxy) is 2. The van der Waals surface area contributed by atoms with E-state index < -0.39 is 27.2 Å². The zero-order chi connectivity index (χ0) is 13.4. The predicted octanol–water partition coefficient (Wildman–Crippen LogP) is 0.322. The number of hydrogen-bond donors (Lipinski definition) is 1. The summed E-state index contributed by atoms with van der Waals surface area (Å²) < 4.78 is 33.7. The van der Waals surface area contributed by atoms with Gasteiger partial charge in [0.15, 0.2) is 9.84 Å². The molecular weight excluding hydrogens is 260 g/mol. The maximum atomic E-state index is 12.0. The van der Waals surface area contributed by atoms with E-state index >= 15 is 0 Å². The van der Waals surface area contributed by atoms with Gasteiger partial charge in [0.1, 0.15) is 5.75 Å². The normalized spacial score (nSPS) is 22.5. The second-order valence-corrected chi connectivity index (χ2v) is 6.01. The Kier molecular flexibility index (Phi) is 3.04. The van der Waals surface area contributed by atoms with Gasteiger partial charge in [-0.3, -0.25) is 0 Å². The molecule has 1 saturated heterocycles. The van der Waals surface area contributed by atoms with Crippen LogP contribution in [0.5, 0.6) is 5.75 Å². The van der Waals surface area contributed by atoms with Crippen LogP contribution in [0.25, 0.3) is 0 Å². The van der Waals surface area contributed by atoms with Crippen LogP contribution in [-0.4, -0.2) is 44.6 Å². The SMILES string of the molecule is COc1ccc(S(=O)(=O)CC2(C(=O)O)CO2)cc1. The number of benzene rings is 1. The van der Waals surface area contributed by atoms with E-state index in [1.165, 1.54) is 31.4 Å². The summed E-state index contributed by atoms with van der Waals surface area (Å²) in [5, 5.41) is 8.89. The smallest absolute Gasteiger partial charge is 0.339 e. The van der Waals surface area contributed by atoms with Gasteiger partial charge in [-0.1, -0.05) is 0 Å². The maximum Gasteiger partial charge on any atom is 0.339 e. The number of carboxylic acids is 1. The Morgan fingerprint density at radius 3 is 2.39 bits per heavy atom. The molecule has 18 heavy (non-hydrogen) atoms. The van der Waals surface area contributed by atoms with Crippen LogP contribution >= 0.6 is 0 Å². The van der Waals surface area contributed by atoms with Gasteiger partial charge < -0.3 is 14.6 Å². The number of methoxy groups -OCH3 is 1. The fourth-order valence-corrected chi connectivity index (χ4v) is 3.15. The molecule has 0 radical (unpaired) electrons. The zero-order valence-electron chi connectivity index (χ0n) is 9.62. The van der Waals surface area contributed by atoms with Crippen molar-refractivity contribution in [1.82, 2.24) is 0 Å². The van der Waals surface area contributed by atoms with Crippen molar-refractivity contribution in [1.29, 1.82) is 0 Å². The Bertz CT molecular complexity index is 556. The predicted molar refractivity (Wildman–Crippen MR) is 61.4 cm³/mol. The van der Waals surface area contributed by atoms with Gasteiger partial charge >= 0.3 is 5.97 Å². The van der Waals surface area contributed by atoms with E-state index in [0.717, 1.165) is 0 Å². The second kappa shape index (κ2) is 4.25. The summed E-state index contributed by atoms with van der Waals surface area (Å²) in [6.07, 6.45) is 0. The van der Waals surface area contributed by atoms with E-state index in [4.69, 9.17) is 14.6 Å². The molecule has 1 unspecified atom stereocenters. The molecule has 6 nitrogen and oxygen atoms in total. The van der Waals surface area contributed by atoms with Crippen molar-refractivity contribution in [3.63, 3.8) is 0 Å². The van der Waals surface area contributed by atoms with Crippen molar-refractivity contribution in [3.05, 3.63) is 24.3 Å². The van der Waals surface area contributed by atoms with Gasteiger partial charge in [-0.2, -0.15) is 0 Å². The first-order valence-electron chi connectivity index (χ1n) is 5.14. The van der Waals surface area contributed by atoms with Crippen LogP contribution in [0.2, 0.25) is 0 Å². The third kappa shape index (κ3) is 2.32. The molecule has 1 aromatic carbocycles. The summed E-state index contributed by atoms with van der Waals surface area (Å²) in [6, 6.07) is 5.78. The second-order valence-electron chi connectivity index (χ2n) is 4.02. The lowest BCUT2D eigenvalue weighted by Gasteiger charge is -2.08. The first kappa shape index (κ1) is 12.8. The number of sulfone groups is 1. The fourth-order valence-electron chi connectivity index (χ4n) is 1.53. The number of carboxylic acid groups (broad SMARTS) is 1. The van der Waals surface area contributed by atoms with Crippen molar-refractivity contribution < 1.29 is 27.8 Å². The first-order valence-corrected chi connectivity index (χ1v) is 6.79. The zero-order valence-corrected chi connectivity index (χ0v) is 10.4. The molecule has 1 aromatic rings. The van der Waals surface area contributed by atoms with E-state index in [-0.39, 0.29) is 11.5 Å². The van der Waals surface area contributed by atoms with Crippen molar-refractivity contribution in [2.45, 2.75) is 10.5 Å². The lowest BCUT2D eigenvalue weighted by molar-refractivity contribution is -0.142. The summed E-state index contributed by atoms with van der Waals surface area (Å²) in [7, 11) is -2.21. The monoisotopic (exact) mass is 272 g/mol. The highest BCUT2D eigenvalue weighted by Crippen LogP contribution is 2.31. The maximum absolute atomic E-state index is 12.0. The molecule has 7 heteroatoms. The Hall–Kier alpha value is -1.60. The van der Waals surface area contributed by atoms with Crippen LogP contribution in [0.1, 0.15) is 0 Å². The van der Waals surface area contributed by atoms with Gasteiger partial charge in [-0.15, -0.1) is 0 Å². The summed E-state index contributed by atoms with van der Waals surface area (Å²) in [5.74, 6) is -1.27. The van der Waals surface area contributed by atoms with Crippen LogP contribution in [-0.2, 0) is 19.4 Å². The van der Waals surface area contributed by atoms with E-state index in [9.17, 15) is 13.2 Å². The van der Waals surface area contributed by atoms with Crippen LogP contribution in [0, 0.1) is 0 Å². The van der Waals surface area contributed by atoms with Crippen molar-refractivity contribution in [3.8, 4) is 5.75 Å². The Morgan fingerprint density at radius 2 is 2.00 bits per heavy atom. The van der Waals surface area contributed by atoms with Crippen molar-refractivity contribution >= 4 is 15.8 Å². The fraction of sp³-hybridized carbons (Fsp3) is 0.364. The summed E-state index contributed by atoms with van der Waals surface area (Å²) in [5.41, 5.74) is -1.57. The molecule has 2 rings (SSSR count). The minimum Gasteiger partial charge on any atom is -0.497 e. The minimum absolute atomic E-state index is 0.0550. The Balaban J connectivity index is 2.23. The summed E-state index contributed by atoms with van der Waals surface area (Å²) in [4.78, 5) is 10.9. The first-order chi connectivity index (χ1) is 8.39. The number of hydrogen-bond acceptors (Lipinski definition) is 5. The summed E-state index contributed by atoms with van der Waals surface area (Å²) >= 11 is 0. The number of rotatable bonds is 5. The van der Waals surface area contributed by atoms with Crippen molar-refractivity contribution in [2.24, 2.45) is 0 Å². The third-order valence-corrected chi connectivity index (χ3v) is 4.56. The molecule has 1 atom stereocenters. The highest BCUT2D eigenvalue weighted by atomic mass is 32.2. The third-order valence-electron chi connectivity index (χ3n) is 2.72. The molecule has 0 aliphatic carbocycles. The van der Waals surface area contributed by atoms with Gasteiger partial charge in [-0.05, 0) is 24.3 Å². The van der Waals surface area contributed by atoms with Crippen LogP contribution in [0.15, 0.2) is 29.2 Å². The summed E-state index contributed by atoms with van der Waals surface area (Å²) in [6.45, 7) is -0.0717. The average molecular weight is 272 g/mol. The molecule has 0 aromatic heterocycles. The van der Waals surface area contributed by atoms with Gasteiger partial charge in [-0.25, -0.2) is 13.2 Å². The molecule has 1 aliphatic heterocycles. The van der Waals surface area contributed by atoms with Crippen LogP contribution in [0.3, 0.4) is 0 Å². The highest BCUT2D eigenvalue weighted by Gasteiger charge is 2.56. The topological polar surface area (TPSA) is 93.2 Å². The molecule has 1 heterocycles. The van der Waals surface area contributed by atoms with Gasteiger partial charge in [0.05, 0.1) is 24.4 Å². The molecule has 0 bridgehead atoms. The molecule has 0 amide bonds. The van der Waals surface area contributed by atoms with E-state index in [0.29, 0.717) is 5.75 Å². The van der Waals surface area contributed by atoms with E-state index in [2.05, 4.69) is 0 Å². The lowest BCUT2D eigenvalue weighted by atomic mass is 10.2. The molecule has 1 aliphatic rings. The Labute approximate surface area is 104 Å². The van der Waals surface area contributed by atoms with Gasteiger partial charge in [0, 0.05) is 0 Å². The number of aliphatic carboxylic acids is 1. The molecule has 1 fully saturated rings. The molecule has 1 N–H and O–H groups in total. The lowest BCUT2D eigenvalue weighted by Crippen LogP contribution is -2.33. The molecule has 0 spiro atoms. The molecule has 98 valence electrons. The average Bonchev–Trinajstić information content (AvgIpc) is 3.09. The van der Waals surface area contributed by atoms with Crippen LogP contribution in [0.4, 0.5) is 0 Å². The van der Waals surface area contributed by atoms with Gasteiger partial charge in [0.2, 0.25) is 5.60 Å². The number of carbonyl (C=O) groups is 1. The van der Waals surface area contributed by atoms with Gasteiger partial charge in [0.25, 0.3) is 0 Å². The largest absolute Gasteiger partial charge is 0.497 e. The standard InChI is InChI=1S/C11H12O6S/c1-16-8-2-4-9(5-3-8)18(14,15)7-11(6-17-11)10(12)13/h2-5H,6-7H2,1H3,(H,12,13). The minimum atomic E-state index is -3.69. The van der Waals surface area contributed by atoms with E-state index in [1.807, 2.05) is 0 Å². The quantitative estimate of drug-likeness (QED) is 0.776. The van der Waals surface area contributed by atoms with Crippen LogP contribution < -0.4 is 4.74 Å². The van der Waals surface area contributed by atoms with Crippen molar-refractivity contribution in [2.75, 3.05) is 19.5 Å². The Morgan fingerprint density at radius 1 is 1.44 bits per heavy atom. The molecule has 0 saturated carbocycles. The van der Waals surface area contributed by atoms with E-state index in [1.54, 1.807) is 0 Å².